The Morgan fingerprint density at radius 2 is 2.60 bits per heavy atom. The van der Waals surface area contributed by atoms with Gasteiger partial charge in [0.05, 0.1) is 18.7 Å². The lowest BCUT2D eigenvalue weighted by Crippen LogP contribution is -2.48. The average molecular weight is 143 g/mol. The third-order valence-corrected chi connectivity index (χ3v) is 1.49. The largest absolute Gasteiger partial charge is 0.382 e. The SMILES string of the molecule is COCC1(C)CN=C(N)N1. The van der Waals surface area contributed by atoms with Crippen LogP contribution in [-0.4, -0.2) is 31.8 Å². The lowest BCUT2D eigenvalue weighted by Gasteiger charge is -2.22. The Labute approximate surface area is 60.5 Å². The fourth-order valence-electron chi connectivity index (χ4n) is 1.05. The molecule has 0 fully saturated rings. The quantitative estimate of drug-likeness (QED) is 0.538. The summed E-state index contributed by atoms with van der Waals surface area (Å²) in [5.41, 5.74) is 5.34. The standard InChI is InChI=1S/C6H13N3O/c1-6(4-10-2)3-8-5(7)9-6/h3-4H2,1-2H3,(H3,7,8,9). The second-order valence-electron chi connectivity index (χ2n) is 2.82. The molecule has 0 bridgehead atoms. The molecule has 1 aliphatic heterocycles. The molecule has 1 atom stereocenters. The van der Waals surface area contributed by atoms with E-state index in [1.807, 2.05) is 6.92 Å². The summed E-state index contributed by atoms with van der Waals surface area (Å²) in [6.45, 7) is 3.36. The van der Waals surface area contributed by atoms with Gasteiger partial charge in [0, 0.05) is 7.11 Å². The molecular weight excluding hydrogens is 130 g/mol. The van der Waals surface area contributed by atoms with Gasteiger partial charge in [0.25, 0.3) is 0 Å². The van der Waals surface area contributed by atoms with Gasteiger partial charge in [-0.3, -0.25) is 4.99 Å². The van der Waals surface area contributed by atoms with Crippen LogP contribution in [0, 0.1) is 0 Å². The zero-order valence-electron chi connectivity index (χ0n) is 6.35. The minimum atomic E-state index is -0.0845. The summed E-state index contributed by atoms with van der Waals surface area (Å²) >= 11 is 0. The highest BCUT2D eigenvalue weighted by Gasteiger charge is 2.28. The zero-order chi connectivity index (χ0) is 7.61. The molecule has 1 heterocycles. The lowest BCUT2D eigenvalue weighted by molar-refractivity contribution is 0.139. The number of ether oxygens (including phenoxy) is 1. The van der Waals surface area contributed by atoms with Crippen LogP contribution in [0.4, 0.5) is 0 Å². The Balaban J connectivity index is 2.44. The van der Waals surface area contributed by atoms with Gasteiger partial charge >= 0.3 is 0 Å². The van der Waals surface area contributed by atoms with Crippen molar-refractivity contribution < 1.29 is 4.74 Å². The fourth-order valence-corrected chi connectivity index (χ4v) is 1.05. The van der Waals surface area contributed by atoms with Crippen LogP contribution in [0.1, 0.15) is 6.92 Å². The highest BCUT2D eigenvalue weighted by molar-refractivity contribution is 5.80. The minimum absolute atomic E-state index is 0.0845. The van der Waals surface area contributed by atoms with Gasteiger partial charge in [-0.25, -0.2) is 0 Å². The van der Waals surface area contributed by atoms with E-state index < -0.39 is 0 Å². The first-order valence-corrected chi connectivity index (χ1v) is 3.23. The average Bonchev–Trinajstić information content (AvgIpc) is 2.12. The van der Waals surface area contributed by atoms with Gasteiger partial charge in [0.2, 0.25) is 0 Å². The second kappa shape index (κ2) is 2.46. The van der Waals surface area contributed by atoms with E-state index in [0.29, 0.717) is 19.1 Å². The summed E-state index contributed by atoms with van der Waals surface area (Å²) in [5, 5.41) is 3.03. The Morgan fingerprint density at radius 3 is 3.00 bits per heavy atom. The van der Waals surface area contributed by atoms with Gasteiger partial charge in [0.1, 0.15) is 0 Å². The minimum Gasteiger partial charge on any atom is -0.382 e. The molecule has 1 rings (SSSR count). The molecule has 0 amide bonds. The van der Waals surface area contributed by atoms with E-state index in [0.717, 1.165) is 0 Å². The summed E-state index contributed by atoms with van der Waals surface area (Å²) in [7, 11) is 1.67. The van der Waals surface area contributed by atoms with Gasteiger partial charge < -0.3 is 15.8 Å². The monoisotopic (exact) mass is 143 g/mol. The van der Waals surface area contributed by atoms with Crippen molar-refractivity contribution in [3.05, 3.63) is 0 Å². The number of methoxy groups -OCH3 is 1. The van der Waals surface area contributed by atoms with Gasteiger partial charge in [-0.15, -0.1) is 0 Å². The number of nitrogens with one attached hydrogen (secondary N) is 1. The number of guanidine groups is 1. The molecule has 0 aliphatic carbocycles. The van der Waals surface area contributed by atoms with Crippen molar-refractivity contribution >= 4 is 5.96 Å². The summed E-state index contributed by atoms with van der Waals surface area (Å²) in [5.74, 6) is 0.513. The van der Waals surface area contributed by atoms with Gasteiger partial charge in [0.15, 0.2) is 5.96 Å². The summed E-state index contributed by atoms with van der Waals surface area (Å²) < 4.78 is 4.99. The van der Waals surface area contributed by atoms with Crippen LogP contribution in [0.2, 0.25) is 0 Å². The van der Waals surface area contributed by atoms with Crippen LogP contribution in [0.5, 0.6) is 0 Å². The Hall–Kier alpha value is -0.770. The number of hydrogen-bond acceptors (Lipinski definition) is 4. The summed E-state index contributed by atoms with van der Waals surface area (Å²) in [4.78, 5) is 4.01. The molecule has 0 aromatic heterocycles. The molecule has 0 saturated heterocycles. The second-order valence-corrected chi connectivity index (χ2v) is 2.82. The van der Waals surface area contributed by atoms with E-state index >= 15 is 0 Å². The van der Waals surface area contributed by atoms with E-state index in [1.54, 1.807) is 7.11 Å². The fraction of sp³-hybridized carbons (Fsp3) is 0.833. The molecule has 4 nitrogen and oxygen atoms in total. The summed E-state index contributed by atoms with van der Waals surface area (Å²) in [6.07, 6.45) is 0. The van der Waals surface area contributed by atoms with E-state index in [9.17, 15) is 0 Å². The maximum atomic E-state index is 5.42. The molecule has 0 radical (unpaired) electrons. The maximum absolute atomic E-state index is 5.42. The highest BCUT2D eigenvalue weighted by atomic mass is 16.5. The Kier molecular flexibility index (Phi) is 1.80. The van der Waals surface area contributed by atoms with E-state index in [2.05, 4.69) is 10.3 Å². The first kappa shape index (κ1) is 7.34. The van der Waals surface area contributed by atoms with E-state index in [1.165, 1.54) is 0 Å². The molecule has 0 saturated carbocycles. The lowest BCUT2D eigenvalue weighted by atomic mass is 10.1. The molecule has 1 aliphatic rings. The first-order chi connectivity index (χ1) is 4.66. The third kappa shape index (κ3) is 1.39. The van der Waals surface area contributed by atoms with Crippen molar-refractivity contribution in [1.82, 2.24) is 5.32 Å². The van der Waals surface area contributed by atoms with Crippen LogP contribution in [0.25, 0.3) is 0 Å². The van der Waals surface area contributed by atoms with E-state index in [4.69, 9.17) is 10.5 Å². The van der Waals surface area contributed by atoms with Crippen LogP contribution >= 0.6 is 0 Å². The molecule has 0 spiro atoms. The molecule has 0 aromatic carbocycles. The van der Waals surface area contributed by atoms with Crippen LogP contribution in [0.15, 0.2) is 4.99 Å². The third-order valence-electron chi connectivity index (χ3n) is 1.49. The van der Waals surface area contributed by atoms with Crippen LogP contribution < -0.4 is 11.1 Å². The normalized spacial score (nSPS) is 31.6. The van der Waals surface area contributed by atoms with Gasteiger partial charge in [-0.1, -0.05) is 0 Å². The van der Waals surface area contributed by atoms with Crippen molar-refractivity contribution in [3.8, 4) is 0 Å². The first-order valence-electron chi connectivity index (χ1n) is 3.23. The summed E-state index contributed by atoms with van der Waals surface area (Å²) in [6, 6.07) is 0. The highest BCUT2D eigenvalue weighted by Crippen LogP contribution is 2.08. The Bertz CT molecular complexity index is 157. The van der Waals surface area contributed by atoms with E-state index in [-0.39, 0.29) is 5.54 Å². The van der Waals surface area contributed by atoms with Crippen molar-refractivity contribution in [1.29, 1.82) is 0 Å². The predicted molar refractivity (Wildman–Crippen MR) is 39.9 cm³/mol. The predicted octanol–water partition coefficient (Wildman–Crippen LogP) is -0.691. The number of nitrogens with two attached hydrogens (primary N) is 1. The molecule has 0 aromatic rings. The molecule has 3 N–H and O–H groups in total. The van der Waals surface area contributed by atoms with Crippen LogP contribution in [0.3, 0.4) is 0 Å². The van der Waals surface area contributed by atoms with Gasteiger partial charge in [-0.2, -0.15) is 0 Å². The number of aliphatic imine (C=N–C) groups is 1. The number of rotatable bonds is 2. The smallest absolute Gasteiger partial charge is 0.189 e. The molecule has 1 unspecified atom stereocenters. The molecule has 4 heteroatoms. The van der Waals surface area contributed by atoms with Crippen molar-refractivity contribution in [3.63, 3.8) is 0 Å². The van der Waals surface area contributed by atoms with Crippen molar-refractivity contribution in [2.75, 3.05) is 20.3 Å². The van der Waals surface area contributed by atoms with Crippen LogP contribution in [-0.2, 0) is 4.74 Å². The number of hydrogen-bond donors (Lipinski definition) is 2. The van der Waals surface area contributed by atoms with Crippen molar-refractivity contribution in [2.24, 2.45) is 10.7 Å². The Morgan fingerprint density at radius 1 is 1.90 bits per heavy atom. The maximum Gasteiger partial charge on any atom is 0.189 e. The topological polar surface area (TPSA) is 59.6 Å². The molecule has 10 heavy (non-hydrogen) atoms. The molecule has 58 valence electrons. The van der Waals surface area contributed by atoms with Crippen molar-refractivity contribution in [2.45, 2.75) is 12.5 Å². The molecular formula is C6H13N3O. The number of nitrogens with zero attached hydrogens (tertiary/aromatic N) is 1. The zero-order valence-corrected chi connectivity index (χ0v) is 6.35. The van der Waals surface area contributed by atoms with Gasteiger partial charge in [-0.05, 0) is 6.92 Å².